The van der Waals surface area contributed by atoms with Gasteiger partial charge in [0, 0.05) is 25.3 Å². The van der Waals surface area contributed by atoms with E-state index in [4.69, 9.17) is 5.73 Å². The molecule has 0 radical (unpaired) electrons. The van der Waals surface area contributed by atoms with Gasteiger partial charge in [-0.15, -0.1) is 0 Å². The smallest absolute Gasteiger partial charge is 0.253 e. The van der Waals surface area contributed by atoms with Gasteiger partial charge in [-0.2, -0.15) is 0 Å². The second-order valence-corrected chi connectivity index (χ2v) is 10.5. The average Bonchev–Trinajstić information content (AvgIpc) is 2.83. The maximum Gasteiger partial charge on any atom is 0.253 e. The topological polar surface area (TPSA) is 84.2 Å². The molecule has 1 aliphatic carbocycles. The molecule has 0 aromatic heterocycles. The molecule has 0 saturated heterocycles. The number of halogens is 2. The molecule has 1 aliphatic rings. The van der Waals surface area contributed by atoms with E-state index in [0.29, 0.717) is 17.2 Å². The number of primary amides is 1. The number of carbonyl (C=O) groups excluding carboxylic acids is 2. The van der Waals surface area contributed by atoms with Crippen molar-refractivity contribution in [1.82, 2.24) is 5.32 Å². The van der Waals surface area contributed by atoms with Gasteiger partial charge in [-0.25, -0.2) is 0 Å². The molecule has 0 bridgehead atoms. The van der Waals surface area contributed by atoms with Gasteiger partial charge in [0.15, 0.2) is 0 Å². The summed E-state index contributed by atoms with van der Waals surface area (Å²) in [4.78, 5) is 23.3. The summed E-state index contributed by atoms with van der Waals surface area (Å²) in [5, 5.41) is 6.64. The summed E-state index contributed by atoms with van der Waals surface area (Å²) < 4.78 is 2.11. The number of anilines is 2. The lowest BCUT2D eigenvalue weighted by Gasteiger charge is -2.23. The number of hydrogen-bond acceptors (Lipinski definition) is 3. The molecule has 1 fully saturated rings. The number of rotatable bonds is 5. The molecule has 4 N–H and O–H groups in total. The Labute approximate surface area is 223 Å². The molecule has 7 heteroatoms. The Balaban J connectivity index is 0.000000302. The molecule has 34 heavy (non-hydrogen) atoms. The Hall–Kier alpha value is -2.39. The Morgan fingerprint density at radius 3 is 2.24 bits per heavy atom. The number of benzene rings is 3. The minimum Gasteiger partial charge on any atom is -0.366 e. The van der Waals surface area contributed by atoms with Crippen LogP contribution in [0.25, 0.3) is 0 Å². The van der Waals surface area contributed by atoms with Crippen molar-refractivity contribution < 1.29 is 9.59 Å². The first-order chi connectivity index (χ1) is 16.3. The van der Waals surface area contributed by atoms with Crippen LogP contribution in [0.5, 0.6) is 0 Å². The van der Waals surface area contributed by atoms with Crippen molar-refractivity contribution in [2.45, 2.75) is 45.1 Å². The molecular formula is C27H29BrIN3O2. The monoisotopic (exact) mass is 633 g/mol. The van der Waals surface area contributed by atoms with Crippen LogP contribution < -0.4 is 16.4 Å². The molecule has 178 valence electrons. The van der Waals surface area contributed by atoms with Gasteiger partial charge in [-0.1, -0.05) is 53.4 Å². The lowest BCUT2D eigenvalue weighted by molar-refractivity contribution is 0.0927. The third-order valence-electron chi connectivity index (χ3n) is 5.68. The summed E-state index contributed by atoms with van der Waals surface area (Å²) in [6.45, 7) is 2.07. The number of hydrogen-bond donors (Lipinski definition) is 3. The highest BCUT2D eigenvalue weighted by molar-refractivity contribution is 14.1. The van der Waals surface area contributed by atoms with Crippen LogP contribution in [0.3, 0.4) is 0 Å². The number of nitrogens with two attached hydrogens (primary N) is 1. The molecule has 0 atom stereocenters. The Bertz CT molecular complexity index is 1130. The van der Waals surface area contributed by atoms with E-state index in [-0.39, 0.29) is 11.8 Å². The lowest BCUT2D eigenvalue weighted by atomic mass is 9.95. The van der Waals surface area contributed by atoms with Gasteiger partial charge in [-0.3, -0.25) is 9.59 Å². The van der Waals surface area contributed by atoms with Crippen LogP contribution in [-0.4, -0.2) is 17.9 Å². The summed E-state index contributed by atoms with van der Waals surface area (Å²) in [6, 6.07) is 21.1. The largest absolute Gasteiger partial charge is 0.366 e. The third-order valence-corrected chi connectivity index (χ3v) is 6.85. The Morgan fingerprint density at radius 2 is 1.62 bits per heavy atom. The van der Waals surface area contributed by atoms with E-state index in [9.17, 15) is 9.59 Å². The number of aryl methyl sites for hydroxylation is 1. The van der Waals surface area contributed by atoms with Crippen LogP contribution in [0.2, 0.25) is 0 Å². The highest BCUT2D eigenvalue weighted by Crippen LogP contribution is 2.28. The van der Waals surface area contributed by atoms with Crippen LogP contribution >= 0.6 is 38.5 Å². The molecule has 3 aromatic carbocycles. The highest BCUT2D eigenvalue weighted by atomic mass is 127. The highest BCUT2D eigenvalue weighted by Gasteiger charge is 2.19. The van der Waals surface area contributed by atoms with Crippen molar-refractivity contribution in [3.05, 3.63) is 91.5 Å². The molecule has 0 spiro atoms. The maximum atomic E-state index is 12.8. The molecule has 1 saturated carbocycles. The van der Waals surface area contributed by atoms with Crippen molar-refractivity contribution in [3.8, 4) is 0 Å². The van der Waals surface area contributed by atoms with Crippen LogP contribution in [-0.2, 0) is 0 Å². The van der Waals surface area contributed by atoms with Gasteiger partial charge in [0.1, 0.15) is 0 Å². The van der Waals surface area contributed by atoms with Crippen LogP contribution in [0, 0.1) is 10.5 Å². The van der Waals surface area contributed by atoms with Gasteiger partial charge in [0.25, 0.3) is 5.91 Å². The molecule has 5 nitrogen and oxygen atoms in total. The van der Waals surface area contributed by atoms with E-state index < -0.39 is 0 Å². The molecule has 2 amide bonds. The van der Waals surface area contributed by atoms with Crippen molar-refractivity contribution in [3.63, 3.8) is 0 Å². The third kappa shape index (κ3) is 7.84. The normalized spacial score (nSPS) is 13.4. The second-order valence-electron chi connectivity index (χ2n) is 8.31. The zero-order valence-electron chi connectivity index (χ0n) is 19.1. The van der Waals surface area contributed by atoms with Crippen molar-refractivity contribution in [2.75, 3.05) is 5.32 Å². The Morgan fingerprint density at radius 1 is 0.941 bits per heavy atom. The molecular weight excluding hydrogens is 605 g/mol. The van der Waals surface area contributed by atoms with E-state index in [1.807, 2.05) is 24.3 Å². The lowest BCUT2D eigenvalue weighted by Crippen LogP contribution is -2.36. The first-order valence-electron chi connectivity index (χ1n) is 11.3. The van der Waals surface area contributed by atoms with Gasteiger partial charge in [0.2, 0.25) is 5.91 Å². The molecule has 0 aliphatic heterocycles. The van der Waals surface area contributed by atoms with E-state index in [2.05, 4.69) is 74.3 Å². The zero-order valence-corrected chi connectivity index (χ0v) is 22.9. The van der Waals surface area contributed by atoms with Crippen LogP contribution in [0.1, 0.15) is 58.4 Å². The van der Waals surface area contributed by atoms with Gasteiger partial charge >= 0.3 is 0 Å². The predicted octanol–water partition coefficient (Wildman–Crippen LogP) is 6.95. The SMILES string of the molecule is Cc1cc(I)ccc1Nc1ccc(Br)cc1C(=O)NC1CCCCC1.NC(=O)c1ccccc1. The molecule has 0 heterocycles. The van der Waals surface area contributed by atoms with Crippen molar-refractivity contribution in [2.24, 2.45) is 5.73 Å². The Kier molecular flexibility index (Phi) is 9.95. The molecule has 3 aromatic rings. The minimum atomic E-state index is -0.379. The first-order valence-corrected chi connectivity index (χ1v) is 13.2. The molecule has 0 unspecified atom stereocenters. The number of nitrogens with one attached hydrogen (secondary N) is 2. The summed E-state index contributed by atoms with van der Waals surface area (Å²) in [7, 11) is 0. The standard InChI is InChI=1S/C20H22BrIN2O.C7H7NO/c1-13-11-15(22)8-10-18(13)24-19-9-7-14(21)12-17(19)20(25)23-16-5-3-2-4-6-16;8-7(9)6-4-2-1-3-5-6/h7-12,16,24H,2-6H2,1H3,(H,23,25);1-5H,(H2,8,9). The fraction of sp³-hybridized carbons (Fsp3) is 0.259. The van der Waals surface area contributed by atoms with Gasteiger partial charge in [0.05, 0.1) is 11.3 Å². The number of amides is 2. The van der Waals surface area contributed by atoms with E-state index in [1.54, 1.807) is 24.3 Å². The minimum absolute atomic E-state index is 0.00105. The summed E-state index contributed by atoms with van der Waals surface area (Å²) in [6.07, 6.45) is 5.85. The first kappa shape index (κ1) is 26.2. The second kappa shape index (κ2) is 12.9. The van der Waals surface area contributed by atoms with E-state index in [1.165, 1.54) is 22.8 Å². The van der Waals surface area contributed by atoms with Crippen molar-refractivity contribution >= 4 is 61.7 Å². The number of carbonyl (C=O) groups is 2. The molecule has 4 rings (SSSR count). The summed E-state index contributed by atoms with van der Waals surface area (Å²) >= 11 is 5.80. The fourth-order valence-electron chi connectivity index (χ4n) is 3.84. The average molecular weight is 634 g/mol. The fourth-order valence-corrected chi connectivity index (χ4v) is 4.85. The predicted molar refractivity (Wildman–Crippen MR) is 151 cm³/mol. The van der Waals surface area contributed by atoms with Crippen LogP contribution in [0.4, 0.5) is 11.4 Å². The van der Waals surface area contributed by atoms with E-state index in [0.717, 1.165) is 34.3 Å². The quantitative estimate of drug-likeness (QED) is 0.266. The van der Waals surface area contributed by atoms with Gasteiger partial charge < -0.3 is 16.4 Å². The zero-order chi connectivity index (χ0) is 24.5. The summed E-state index contributed by atoms with van der Waals surface area (Å²) in [5.41, 5.74) is 9.22. The van der Waals surface area contributed by atoms with E-state index >= 15 is 0 Å². The van der Waals surface area contributed by atoms with Crippen molar-refractivity contribution in [1.29, 1.82) is 0 Å². The van der Waals surface area contributed by atoms with Crippen LogP contribution in [0.15, 0.2) is 71.2 Å². The maximum absolute atomic E-state index is 12.8. The summed E-state index contributed by atoms with van der Waals surface area (Å²) in [5.74, 6) is -0.380. The van der Waals surface area contributed by atoms with Gasteiger partial charge in [-0.05, 0) is 96.5 Å².